The van der Waals surface area contributed by atoms with Gasteiger partial charge in [0.25, 0.3) is 11.8 Å². The molecular weight excluding hydrogens is 414 g/mol. The maximum Gasteiger partial charge on any atom is 0.271 e. The lowest BCUT2D eigenvalue weighted by Gasteiger charge is -2.21. The van der Waals surface area contributed by atoms with Crippen LogP contribution in [0.1, 0.15) is 47.1 Å². The van der Waals surface area contributed by atoms with Crippen LogP contribution in [0.25, 0.3) is 0 Å². The molecule has 9 heteroatoms. The van der Waals surface area contributed by atoms with E-state index in [1.165, 1.54) is 29.6 Å². The van der Waals surface area contributed by atoms with Gasteiger partial charge in [-0.2, -0.15) is 4.31 Å². The first kappa shape index (κ1) is 22.9. The molecule has 0 aromatic heterocycles. The van der Waals surface area contributed by atoms with E-state index in [0.29, 0.717) is 5.56 Å². The van der Waals surface area contributed by atoms with Gasteiger partial charge < -0.3 is 0 Å². The third-order valence-electron chi connectivity index (χ3n) is 4.50. The number of nitrogens with zero attached hydrogens (tertiary/aromatic N) is 1. The van der Waals surface area contributed by atoms with Crippen molar-refractivity contribution in [3.8, 4) is 0 Å². The van der Waals surface area contributed by atoms with Crippen molar-refractivity contribution in [1.29, 1.82) is 0 Å². The van der Waals surface area contributed by atoms with Gasteiger partial charge in [0.2, 0.25) is 10.0 Å². The quantitative estimate of drug-likeness (QED) is 0.679. The van der Waals surface area contributed by atoms with Crippen LogP contribution in [0.2, 0.25) is 5.02 Å². The van der Waals surface area contributed by atoms with Gasteiger partial charge in [-0.15, -0.1) is 0 Å². The normalized spacial score (nSPS) is 11.6. The summed E-state index contributed by atoms with van der Waals surface area (Å²) in [5.74, 6) is -1.22. The summed E-state index contributed by atoms with van der Waals surface area (Å²) in [5.41, 5.74) is 5.97. The van der Waals surface area contributed by atoms with E-state index in [-0.39, 0.29) is 21.5 Å². The number of benzene rings is 2. The van der Waals surface area contributed by atoms with Gasteiger partial charge in [-0.1, -0.05) is 30.7 Å². The topological polar surface area (TPSA) is 95.6 Å². The molecule has 156 valence electrons. The SMILES string of the molecule is CCc1ccc(C(=O)NNC(=O)c2cc(S(=O)(=O)N(C)C(C)C)ccc2Cl)cc1. The first-order chi connectivity index (χ1) is 13.6. The summed E-state index contributed by atoms with van der Waals surface area (Å²) in [5, 5.41) is 0.0650. The van der Waals surface area contributed by atoms with Crippen LogP contribution in [0.3, 0.4) is 0 Å². The maximum absolute atomic E-state index is 12.6. The molecular formula is C20H24ClN3O4S. The van der Waals surface area contributed by atoms with Gasteiger partial charge in [0.1, 0.15) is 0 Å². The average Bonchev–Trinajstić information content (AvgIpc) is 2.71. The molecule has 2 aromatic rings. The molecule has 0 radical (unpaired) electrons. The van der Waals surface area contributed by atoms with Crippen LogP contribution in [0, 0.1) is 0 Å². The molecule has 2 N–H and O–H groups in total. The van der Waals surface area contributed by atoms with Crippen molar-refractivity contribution in [3.05, 3.63) is 64.2 Å². The fourth-order valence-corrected chi connectivity index (χ4v) is 4.03. The van der Waals surface area contributed by atoms with Gasteiger partial charge >= 0.3 is 0 Å². The molecule has 0 aliphatic heterocycles. The van der Waals surface area contributed by atoms with Crippen molar-refractivity contribution in [2.75, 3.05) is 7.05 Å². The summed E-state index contributed by atoms with van der Waals surface area (Å²) < 4.78 is 26.5. The molecule has 2 rings (SSSR count). The fraction of sp³-hybridized carbons (Fsp3) is 0.300. The molecule has 0 atom stereocenters. The van der Waals surface area contributed by atoms with Crippen molar-refractivity contribution in [1.82, 2.24) is 15.2 Å². The molecule has 0 spiro atoms. The number of hydrazine groups is 1. The third-order valence-corrected chi connectivity index (χ3v) is 6.86. The third kappa shape index (κ3) is 5.35. The zero-order valence-electron chi connectivity index (χ0n) is 16.7. The van der Waals surface area contributed by atoms with Crippen LogP contribution in [0.15, 0.2) is 47.4 Å². The van der Waals surface area contributed by atoms with E-state index >= 15 is 0 Å². The van der Waals surface area contributed by atoms with E-state index in [0.717, 1.165) is 12.0 Å². The van der Waals surface area contributed by atoms with E-state index in [4.69, 9.17) is 11.6 Å². The van der Waals surface area contributed by atoms with Crippen molar-refractivity contribution < 1.29 is 18.0 Å². The van der Waals surface area contributed by atoms with Gasteiger partial charge in [-0.25, -0.2) is 8.42 Å². The molecule has 29 heavy (non-hydrogen) atoms. The second-order valence-electron chi connectivity index (χ2n) is 6.72. The average molecular weight is 438 g/mol. The molecule has 2 amide bonds. The highest BCUT2D eigenvalue weighted by Crippen LogP contribution is 2.23. The minimum atomic E-state index is -3.78. The Kier molecular flexibility index (Phi) is 7.40. The number of halogens is 1. The highest BCUT2D eigenvalue weighted by Gasteiger charge is 2.25. The number of amides is 2. The molecule has 0 aliphatic carbocycles. The highest BCUT2D eigenvalue weighted by atomic mass is 35.5. The van der Waals surface area contributed by atoms with E-state index in [1.54, 1.807) is 26.0 Å². The Morgan fingerprint density at radius 2 is 1.62 bits per heavy atom. The largest absolute Gasteiger partial charge is 0.271 e. The van der Waals surface area contributed by atoms with E-state index in [9.17, 15) is 18.0 Å². The lowest BCUT2D eigenvalue weighted by atomic mass is 10.1. The highest BCUT2D eigenvalue weighted by molar-refractivity contribution is 7.89. The Hall–Kier alpha value is -2.42. The van der Waals surface area contributed by atoms with E-state index in [1.807, 2.05) is 19.1 Å². The van der Waals surface area contributed by atoms with Crippen LogP contribution in [-0.2, 0) is 16.4 Å². The monoisotopic (exact) mass is 437 g/mol. The smallest absolute Gasteiger partial charge is 0.267 e. The van der Waals surface area contributed by atoms with Crippen molar-refractivity contribution in [2.45, 2.75) is 38.1 Å². The molecule has 0 fully saturated rings. The number of hydrogen-bond donors (Lipinski definition) is 2. The summed E-state index contributed by atoms with van der Waals surface area (Å²) in [6.45, 7) is 5.49. The van der Waals surface area contributed by atoms with Crippen molar-refractivity contribution in [3.63, 3.8) is 0 Å². The van der Waals surface area contributed by atoms with Crippen LogP contribution in [-0.4, -0.2) is 37.6 Å². The molecule has 0 unspecified atom stereocenters. The summed E-state index contributed by atoms with van der Waals surface area (Å²) in [4.78, 5) is 24.6. The Bertz CT molecular complexity index is 1000. The summed E-state index contributed by atoms with van der Waals surface area (Å²) in [6, 6.07) is 10.6. The minimum Gasteiger partial charge on any atom is -0.267 e. The number of sulfonamides is 1. The summed E-state index contributed by atoms with van der Waals surface area (Å²) in [7, 11) is -2.33. The van der Waals surface area contributed by atoms with Gasteiger partial charge in [0.05, 0.1) is 15.5 Å². The maximum atomic E-state index is 12.6. The van der Waals surface area contributed by atoms with Crippen molar-refractivity contribution in [2.24, 2.45) is 0 Å². The van der Waals surface area contributed by atoms with Gasteiger partial charge in [-0.05, 0) is 56.2 Å². The molecule has 0 saturated carbocycles. The van der Waals surface area contributed by atoms with Crippen LogP contribution >= 0.6 is 11.6 Å². The second kappa shape index (κ2) is 9.39. The lowest BCUT2D eigenvalue weighted by molar-refractivity contribution is 0.0846. The summed E-state index contributed by atoms with van der Waals surface area (Å²) in [6.07, 6.45) is 0.850. The number of aryl methyl sites for hydroxylation is 1. The first-order valence-corrected chi connectivity index (χ1v) is 10.9. The predicted octanol–water partition coefficient (Wildman–Crippen LogP) is 3.01. The Morgan fingerprint density at radius 3 is 2.17 bits per heavy atom. The number of carbonyl (C=O) groups is 2. The standard InChI is InChI=1S/C20H24ClN3O4S/c1-5-14-6-8-15(9-7-14)19(25)22-23-20(26)17-12-16(10-11-18(17)21)29(27,28)24(4)13(2)3/h6-13H,5H2,1-4H3,(H,22,25)(H,23,26). The minimum absolute atomic E-state index is 0.0634. The zero-order valence-corrected chi connectivity index (χ0v) is 18.3. The predicted molar refractivity (Wildman–Crippen MR) is 112 cm³/mol. The molecule has 0 saturated heterocycles. The molecule has 2 aromatic carbocycles. The molecule has 7 nitrogen and oxygen atoms in total. The van der Waals surface area contributed by atoms with E-state index in [2.05, 4.69) is 10.9 Å². The zero-order chi connectivity index (χ0) is 21.8. The first-order valence-electron chi connectivity index (χ1n) is 9.05. The van der Waals surface area contributed by atoms with Crippen LogP contribution in [0.5, 0.6) is 0 Å². The van der Waals surface area contributed by atoms with Crippen LogP contribution in [0.4, 0.5) is 0 Å². The van der Waals surface area contributed by atoms with Gasteiger partial charge in [0.15, 0.2) is 0 Å². The number of nitrogens with one attached hydrogen (secondary N) is 2. The molecule has 0 heterocycles. The summed E-state index contributed by atoms with van der Waals surface area (Å²) >= 11 is 6.07. The van der Waals surface area contributed by atoms with Gasteiger partial charge in [0, 0.05) is 18.7 Å². The van der Waals surface area contributed by atoms with Crippen LogP contribution < -0.4 is 10.9 Å². The Morgan fingerprint density at radius 1 is 1.03 bits per heavy atom. The Balaban J connectivity index is 2.17. The molecule has 0 aliphatic rings. The Labute approximate surface area is 176 Å². The number of rotatable bonds is 6. The van der Waals surface area contributed by atoms with Crippen molar-refractivity contribution >= 4 is 33.4 Å². The number of hydrogen-bond acceptors (Lipinski definition) is 4. The molecule has 0 bridgehead atoms. The second-order valence-corrected chi connectivity index (χ2v) is 9.12. The number of carbonyl (C=O) groups excluding carboxylic acids is 2. The van der Waals surface area contributed by atoms with E-state index < -0.39 is 21.8 Å². The fourth-order valence-electron chi connectivity index (χ4n) is 2.43. The lowest BCUT2D eigenvalue weighted by Crippen LogP contribution is -2.41. The van der Waals surface area contributed by atoms with Gasteiger partial charge in [-0.3, -0.25) is 20.4 Å².